The standard InChI is InChI=1S/C23H34ClN5O/c1-23(2,3)20-14-26-21(30-20)15-28-22(25-4)27-13-17-9-11-29(12-10-17)16-18-7-5-6-8-19(18)24/h5-8,14,17H,9-13,15-16H2,1-4H3,(H2,25,27,28). The normalized spacial score (nSPS) is 16.6. The van der Waals surface area contributed by atoms with Crippen LogP contribution in [0.2, 0.25) is 5.02 Å². The Morgan fingerprint density at radius 3 is 2.60 bits per heavy atom. The maximum Gasteiger partial charge on any atom is 0.213 e. The van der Waals surface area contributed by atoms with Gasteiger partial charge in [0.2, 0.25) is 5.89 Å². The number of rotatable bonds is 6. The Morgan fingerprint density at radius 2 is 1.97 bits per heavy atom. The fourth-order valence-corrected chi connectivity index (χ4v) is 3.77. The largest absolute Gasteiger partial charge is 0.443 e. The molecule has 1 aliphatic heterocycles. The molecule has 3 rings (SSSR count). The van der Waals surface area contributed by atoms with Crippen molar-refractivity contribution >= 4 is 17.6 Å². The number of hydrogen-bond acceptors (Lipinski definition) is 4. The number of hydrogen-bond donors (Lipinski definition) is 2. The predicted octanol–water partition coefficient (Wildman–Crippen LogP) is 4.20. The topological polar surface area (TPSA) is 65.7 Å². The van der Waals surface area contributed by atoms with Gasteiger partial charge in [-0.15, -0.1) is 0 Å². The van der Waals surface area contributed by atoms with Crippen LogP contribution in [0.5, 0.6) is 0 Å². The number of nitrogens with one attached hydrogen (secondary N) is 2. The number of piperidine rings is 1. The van der Waals surface area contributed by atoms with Crippen LogP contribution >= 0.6 is 11.6 Å². The second kappa shape index (κ2) is 10.3. The van der Waals surface area contributed by atoms with Gasteiger partial charge >= 0.3 is 0 Å². The molecule has 0 radical (unpaired) electrons. The summed E-state index contributed by atoms with van der Waals surface area (Å²) in [6.07, 6.45) is 4.15. The van der Waals surface area contributed by atoms with E-state index in [4.69, 9.17) is 16.0 Å². The molecule has 1 fully saturated rings. The van der Waals surface area contributed by atoms with E-state index in [0.29, 0.717) is 18.4 Å². The van der Waals surface area contributed by atoms with Gasteiger partial charge in [0, 0.05) is 30.6 Å². The fourth-order valence-electron chi connectivity index (χ4n) is 3.58. The third kappa shape index (κ3) is 6.47. The number of benzene rings is 1. The average molecular weight is 432 g/mol. The molecule has 0 amide bonds. The number of nitrogens with zero attached hydrogens (tertiary/aromatic N) is 3. The number of likely N-dealkylation sites (tertiary alicyclic amines) is 1. The molecule has 0 atom stereocenters. The molecular formula is C23H34ClN5O. The predicted molar refractivity (Wildman–Crippen MR) is 123 cm³/mol. The van der Waals surface area contributed by atoms with Crippen LogP contribution in [0.1, 0.15) is 50.8 Å². The van der Waals surface area contributed by atoms with Crippen LogP contribution in [0, 0.1) is 5.92 Å². The molecule has 1 aromatic carbocycles. The van der Waals surface area contributed by atoms with Crippen molar-refractivity contribution in [2.24, 2.45) is 10.9 Å². The summed E-state index contributed by atoms with van der Waals surface area (Å²) >= 11 is 6.30. The second-order valence-corrected chi connectivity index (χ2v) is 9.39. The van der Waals surface area contributed by atoms with Gasteiger partial charge in [-0.1, -0.05) is 50.6 Å². The molecule has 1 saturated heterocycles. The quantitative estimate of drug-likeness (QED) is 0.530. The van der Waals surface area contributed by atoms with E-state index in [9.17, 15) is 0 Å². The van der Waals surface area contributed by atoms with Crippen molar-refractivity contribution in [3.05, 3.63) is 52.7 Å². The highest BCUT2D eigenvalue weighted by Gasteiger charge is 2.21. The van der Waals surface area contributed by atoms with Gasteiger partial charge in [0.15, 0.2) is 5.96 Å². The monoisotopic (exact) mass is 431 g/mol. The van der Waals surface area contributed by atoms with Crippen LogP contribution in [0.3, 0.4) is 0 Å². The first kappa shape index (κ1) is 22.6. The Kier molecular flexibility index (Phi) is 7.78. The highest BCUT2D eigenvalue weighted by Crippen LogP contribution is 2.23. The lowest BCUT2D eigenvalue weighted by molar-refractivity contribution is 0.178. The molecular weight excluding hydrogens is 398 g/mol. The molecule has 30 heavy (non-hydrogen) atoms. The zero-order valence-corrected chi connectivity index (χ0v) is 19.3. The molecule has 7 heteroatoms. The number of halogens is 1. The Morgan fingerprint density at radius 1 is 1.23 bits per heavy atom. The average Bonchev–Trinajstić information content (AvgIpc) is 3.21. The lowest BCUT2D eigenvalue weighted by Crippen LogP contribution is -2.42. The Bertz CT molecular complexity index is 834. The van der Waals surface area contributed by atoms with E-state index in [1.165, 1.54) is 18.4 Å². The highest BCUT2D eigenvalue weighted by atomic mass is 35.5. The van der Waals surface area contributed by atoms with Crippen molar-refractivity contribution in [2.75, 3.05) is 26.7 Å². The van der Waals surface area contributed by atoms with Crippen molar-refractivity contribution in [3.8, 4) is 0 Å². The van der Waals surface area contributed by atoms with Crippen molar-refractivity contribution < 1.29 is 4.42 Å². The van der Waals surface area contributed by atoms with E-state index in [2.05, 4.69) is 58.4 Å². The van der Waals surface area contributed by atoms with Crippen molar-refractivity contribution in [3.63, 3.8) is 0 Å². The van der Waals surface area contributed by atoms with Gasteiger partial charge in [0.1, 0.15) is 5.76 Å². The summed E-state index contributed by atoms with van der Waals surface area (Å²) in [5, 5.41) is 7.60. The van der Waals surface area contributed by atoms with Crippen molar-refractivity contribution in [2.45, 2.75) is 52.1 Å². The minimum absolute atomic E-state index is 0.0358. The summed E-state index contributed by atoms with van der Waals surface area (Å²) in [5.74, 6) is 2.99. The molecule has 6 nitrogen and oxygen atoms in total. The zero-order chi connectivity index (χ0) is 21.6. The summed E-state index contributed by atoms with van der Waals surface area (Å²) in [6, 6.07) is 8.12. The Labute approximate surface area is 185 Å². The highest BCUT2D eigenvalue weighted by molar-refractivity contribution is 6.31. The molecule has 0 aliphatic carbocycles. The molecule has 2 heterocycles. The maximum absolute atomic E-state index is 6.30. The molecule has 0 bridgehead atoms. The fraction of sp³-hybridized carbons (Fsp3) is 0.565. The summed E-state index contributed by atoms with van der Waals surface area (Å²) < 4.78 is 5.84. The molecule has 0 unspecified atom stereocenters. The number of guanidine groups is 1. The first-order valence-corrected chi connectivity index (χ1v) is 11.1. The van der Waals surface area contributed by atoms with Crippen LogP contribution in [-0.2, 0) is 18.5 Å². The summed E-state index contributed by atoms with van der Waals surface area (Å²) in [5.41, 5.74) is 1.17. The lowest BCUT2D eigenvalue weighted by Gasteiger charge is -2.32. The van der Waals surface area contributed by atoms with Gasteiger partial charge in [-0.05, 0) is 43.5 Å². The third-order valence-corrected chi connectivity index (χ3v) is 5.91. The maximum atomic E-state index is 6.30. The summed E-state index contributed by atoms with van der Waals surface area (Å²) in [6.45, 7) is 10.9. The third-order valence-electron chi connectivity index (χ3n) is 5.54. The van der Waals surface area contributed by atoms with Crippen molar-refractivity contribution in [1.29, 1.82) is 0 Å². The van der Waals surface area contributed by atoms with Gasteiger partial charge in [-0.3, -0.25) is 9.89 Å². The minimum atomic E-state index is -0.0358. The molecule has 2 N–H and O–H groups in total. The van der Waals surface area contributed by atoms with E-state index in [0.717, 1.165) is 42.9 Å². The first-order chi connectivity index (χ1) is 14.3. The molecule has 2 aromatic rings. The summed E-state index contributed by atoms with van der Waals surface area (Å²) in [4.78, 5) is 11.2. The lowest BCUT2D eigenvalue weighted by atomic mass is 9.94. The molecule has 1 aliphatic rings. The molecule has 1 aromatic heterocycles. The van der Waals surface area contributed by atoms with Gasteiger partial charge < -0.3 is 15.1 Å². The number of oxazole rings is 1. The van der Waals surface area contributed by atoms with E-state index in [-0.39, 0.29) is 5.41 Å². The van der Waals surface area contributed by atoms with Gasteiger partial charge in [0.05, 0.1) is 12.7 Å². The van der Waals surface area contributed by atoms with Crippen LogP contribution < -0.4 is 10.6 Å². The van der Waals surface area contributed by atoms with Crippen LogP contribution in [0.15, 0.2) is 39.9 Å². The Hall–Kier alpha value is -2.05. The van der Waals surface area contributed by atoms with Crippen molar-refractivity contribution in [1.82, 2.24) is 20.5 Å². The minimum Gasteiger partial charge on any atom is -0.443 e. The van der Waals surface area contributed by atoms with E-state index in [1.54, 1.807) is 7.05 Å². The van der Waals surface area contributed by atoms with Crippen LogP contribution in [-0.4, -0.2) is 42.5 Å². The van der Waals surface area contributed by atoms with Gasteiger partial charge in [-0.25, -0.2) is 4.98 Å². The van der Waals surface area contributed by atoms with E-state index in [1.807, 2.05) is 18.3 Å². The van der Waals surface area contributed by atoms with Crippen LogP contribution in [0.4, 0.5) is 0 Å². The number of aromatic nitrogens is 1. The molecule has 0 spiro atoms. The van der Waals surface area contributed by atoms with E-state index < -0.39 is 0 Å². The molecule has 0 saturated carbocycles. The zero-order valence-electron chi connectivity index (χ0n) is 18.5. The van der Waals surface area contributed by atoms with E-state index >= 15 is 0 Å². The van der Waals surface area contributed by atoms with Gasteiger partial charge in [0.25, 0.3) is 0 Å². The Balaban J connectivity index is 1.39. The number of aliphatic imine (C=N–C) groups is 1. The molecule has 164 valence electrons. The summed E-state index contributed by atoms with van der Waals surface area (Å²) in [7, 11) is 1.79. The smallest absolute Gasteiger partial charge is 0.213 e. The van der Waals surface area contributed by atoms with Crippen LogP contribution in [0.25, 0.3) is 0 Å². The second-order valence-electron chi connectivity index (χ2n) is 8.99. The van der Waals surface area contributed by atoms with Gasteiger partial charge in [-0.2, -0.15) is 0 Å². The SMILES string of the molecule is CN=C(NCc1ncc(C(C)(C)C)o1)NCC1CCN(Cc2ccccc2Cl)CC1. The first-order valence-electron chi connectivity index (χ1n) is 10.7.